The largest absolute Gasteiger partial charge is 0.479 e. The molecule has 7 nitrogen and oxygen atoms in total. The van der Waals surface area contributed by atoms with E-state index in [1.54, 1.807) is 4.90 Å². The Morgan fingerprint density at radius 2 is 1.40 bits per heavy atom. The van der Waals surface area contributed by atoms with Crippen LogP contribution in [0.25, 0.3) is 0 Å². The van der Waals surface area contributed by atoms with Gasteiger partial charge < -0.3 is 24.6 Å². The Bertz CT molecular complexity index is 1320. The standard InChI is InChI=1S/C36H41NO6/c1-35(2,3)43-34(41)37-21-13-20-29(37)22-25-23-30(24-31(25)32(38)33(39)40)42-36(26-14-7-4-8-15-26,27-16-9-5-10-17-27)28-18-11-6-12-19-28/h4-12,14-19,22,29-32,38H,13,20-21,23-24H2,1-3H3,(H,39,40)/b25-22+/t29-,30-,31+,32?/m0/s1. The molecule has 1 aliphatic heterocycles. The topological polar surface area (TPSA) is 96.3 Å². The number of carboxylic acid groups (broad SMARTS) is 1. The van der Waals surface area contributed by atoms with Crippen LogP contribution in [0.5, 0.6) is 0 Å². The van der Waals surface area contributed by atoms with Gasteiger partial charge in [0.25, 0.3) is 0 Å². The van der Waals surface area contributed by atoms with Crippen molar-refractivity contribution < 1.29 is 29.3 Å². The van der Waals surface area contributed by atoms with E-state index in [1.807, 2.05) is 118 Å². The molecule has 3 aromatic carbocycles. The summed E-state index contributed by atoms with van der Waals surface area (Å²) < 4.78 is 12.9. The summed E-state index contributed by atoms with van der Waals surface area (Å²) in [7, 11) is 0. The number of ether oxygens (including phenoxy) is 2. The van der Waals surface area contributed by atoms with Gasteiger partial charge in [0, 0.05) is 12.5 Å². The SMILES string of the molecule is CC(C)(C)OC(=O)N1CCC[C@H]1/C=C1\C[C@H](OC(c2ccccc2)(c2ccccc2)c2ccccc2)C[C@H]1C(O)C(=O)O. The summed E-state index contributed by atoms with van der Waals surface area (Å²) in [4.78, 5) is 26.8. The summed E-state index contributed by atoms with van der Waals surface area (Å²) in [5, 5.41) is 20.7. The predicted octanol–water partition coefficient (Wildman–Crippen LogP) is 6.55. The summed E-state index contributed by atoms with van der Waals surface area (Å²) in [6.07, 6.45) is 1.92. The van der Waals surface area contributed by atoms with E-state index in [1.165, 1.54) is 0 Å². The fourth-order valence-electron chi connectivity index (χ4n) is 6.45. The number of hydrogen-bond donors (Lipinski definition) is 2. The number of carbonyl (C=O) groups excluding carboxylic acids is 1. The van der Waals surface area contributed by atoms with Gasteiger partial charge in [0.15, 0.2) is 6.10 Å². The van der Waals surface area contributed by atoms with Crippen LogP contribution >= 0.6 is 0 Å². The minimum atomic E-state index is -1.59. The normalized spacial score (nSPS) is 22.5. The zero-order valence-corrected chi connectivity index (χ0v) is 25.1. The lowest BCUT2D eigenvalue weighted by Crippen LogP contribution is -2.39. The van der Waals surface area contributed by atoms with Crippen LogP contribution in [0, 0.1) is 5.92 Å². The van der Waals surface area contributed by atoms with E-state index in [2.05, 4.69) is 0 Å². The Hall–Kier alpha value is -3.94. The molecule has 2 aliphatic rings. The van der Waals surface area contributed by atoms with Gasteiger partial charge in [0.1, 0.15) is 11.2 Å². The zero-order valence-electron chi connectivity index (χ0n) is 25.1. The first-order chi connectivity index (χ1) is 20.6. The zero-order chi connectivity index (χ0) is 30.6. The van der Waals surface area contributed by atoms with E-state index in [9.17, 15) is 19.8 Å². The fraction of sp³-hybridized carbons (Fsp3) is 0.389. The van der Waals surface area contributed by atoms with E-state index >= 15 is 0 Å². The van der Waals surface area contributed by atoms with Crippen molar-refractivity contribution in [2.75, 3.05) is 6.54 Å². The molecule has 3 aromatic rings. The first-order valence-corrected chi connectivity index (χ1v) is 15.0. The van der Waals surface area contributed by atoms with Crippen LogP contribution < -0.4 is 0 Å². The van der Waals surface area contributed by atoms with Crippen molar-refractivity contribution in [1.29, 1.82) is 0 Å². The van der Waals surface area contributed by atoms with Gasteiger partial charge in [-0.2, -0.15) is 0 Å². The van der Waals surface area contributed by atoms with Gasteiger partial charge >= 0.3 is 12.1 Å². The molecular formula is C36H41NO6. The number of rotatable bonds is 8. The smallest absolute Gasteiger partial charge is 0.410 e. The molecule has 1 saturated heterocycles. The molecule has 7 heteroatoms. The minimum Gasteiger partial charge on any atom is -0.479 e. The second-order valence-electron chi connectivity index (χ2n) is 12.5. The van der Waals surface area contributed by atoms with E-state index in [-0.39, 0.29) is 12.1 Å². The van der Waals surface area contributed by atoms with E-state index in [0.717, 1.165) is 35.1 Å². The second kappa shape index (κ2) is 12.7. The molecular weight excluding hydrogens is 542 g/mol. The third-order valence-electron chi connectivity index (χ3n) is 8.31. The quantitative estimate of drug-likeness (QED) is 0.231. The van der Waals surface area contributed by atoms with Gasteiger partial charge in [0.05, 0.1) is 12.1 Å². The first kappa shape index (κ1) is 30.5. The highest BCUT2D eigenvalue weighted by Crippen LogP contribution is 2.46. The second-order valence-corrected chi connectivity index (χ2v) is 12.5. The molecule has 1 amide bonds. The number of carboxylic acids is 1. The molecule has 2 fully saturated rings. The maximum Gasteiger partial charge on any atom is 0.410 e. The van der Waals surface area contributed by atoms with Crippen LogP contribution in [0.2, 0.25) is 0 Å². The Morgan fingerprint density at radius 3 is 1.86 bits per heavy atom. The number of amides is 1. The lowest BCUT2D eigenvalue weighted by atomic mass is 9.80. The first-order valence-electron chi connectivity index (χ1n) is 15.0. The number of carbonyl (C=O) groups is 2. The van der Waals surface area contributed by atoms with Gasteiger partial charge in [-0.05, 0) is 63.1 Å². The van der Waals surface area contributed by atoms with E-state index in [0.29, 0.717) is 19.4 Å². The number of hydrogen-bond acceptors (Lipinski definition) is 5. The van der Waals surface area contributed by atoms with Gasteiger partial charge in [0.2, 0.25) is 0 Å². The number of likely N-dealkylation sites (tertiary alicyclic amines) is 1. The number of benzene rings is 3. The maximum atomic E-state index is 13.0. The molecule has 5 rings (SSSR count). The average molecular weight is 584 g/mol. The van der Waals surface area contributed by atoms with Gasteiger partial charge in [-0.3, -0.25) is 0 Å². The molecule has 226 valence electrons. The van der Waals surface area contributed by atoms with Crippen molar-refractivity contribution in [2.45, 2.75) is 75.9 Å². The average Bonchev–Trinajstić information content (AvgIpc) is 3.63. The summed E-state index contributed by atoms with van der Waals surface area (Å²) in [5.74, 6) is -1.92. The molecule has 1 saturated carbocycles. The Labute approximate surface area is 253 Å². The van der Waals surface area contributed by atoms with Crippen molar-refractivity contribution in [2.24, 2.45) is 5.92 Å². The third kappa shape index (κ3) is 6.68. The molecule has 1 unspecified atom stereocenters. The highest BCUT2D eigenvalue weighted by molar-refractivity contribution is 5.73. The lowest BCUT2D eigenvalue weighted by molar-refractivity contribution is -0.149. The minimum absolute atomic E-state index is 0.241. The number of aliphatic hydroxyl groups excluding tert-OH is 1. The van der Waals surface area contributed by atoms with Crippen molar-refractivity contribution in [3.05, 3.63) is 119 Å². The summed E-state index contributed by atoms with van der Waals surface area (Å²) in [6, 6.07) is 29.9. The van der Waals surface area contributed by atoms with E-state index < -0.39 is 35.3 Å². The van der Waals surface area contributed by atoms with Crippen LogP contribution in [-0.2, 0) is 19.9 Å². The summed E-state index contributed by atoms with van der Waals surface area (Å²) >= 11 is 0. The lowest BCUT2D eigenvalue weighted by Gasteiger charge is -2.38. The van der Waals surface area contributed by atoms with Gasteiger partial charge in [-0.15, -0.1) is 0 Å². The van der Waals surface area contributed by atoms with Crippen LogP contribution in [-0.4, -0.2) is 57.6 Å². The maximum absolute atomic E-state index is 13.0. The van der Waals surface area contributed by atoms with Crippen LogP contribution in [0.15, 0.2) is 103 Å². The molecule has 1 aliphatic carbocycles. The Kier molecular flexibility index (Phi) is 9.04. The number of aliphatic carboxylic acids is 1. The van der Waals surface area contributed by atoms with Crippen molar-refractivity contribution in [3.63, 3.8) is 0 Å². The molecule has 43 heavy (non-hydrogen) atoms. The third-order valence-corrected chi connectivity index (χ3v) is 8.31. The van der Waals surface area contributed by atoms with Crippen molar-refractivity contribution in [1.82, 2.24) is 4.90 Å². The van der Waals surface area contributed by atoms with Gasteiger partial charge in [-0.25, -0.2) is 9.59 Å². The predicted molar refractivity (Wildman–Crippen MR) is 164 cm³/mol. The van der Waals surface area contributed by atoms with Crippen LogP contribution in [0.4, 0.5) is 4.79 Å². The van der Waals surface area contributed by atoms with Crippen molar-refractivity contribution >= 4 is 12.1 Å². The number of nitrogens with zero attached hydrogens (tertiary/aromatic N) is 1. The monoisotopic (exact) mass is 583 g/mol. The van der Waals surface area contributed by atoms with Crippen LogP contribution in [0.1, 0.15) is 63.1 Å². The molecule has 0 aromatic heterocycles. The molecule has 4 atom stereocenters. The van der Waals surface area contributed by atoms with Crippen molar-refractivity contribution in [3.8, 4) is 0 Å². The Morgan fingerprint density at radius 1 is 0.884 bits per heavy atom. The summed E-state index contributed by atoms with van der Waals surface area (Å²) in [6.45, 7) is 6.08. The molecule has 0 radical (unpaired) electrons. The van der Waals surface area contributed by atoms with E-state index in [4.69, 9.17) is 9.47 Å². The summed E-state index contributed by atoms with van der Waals surface area (Å²) in [5.41, 5.74) is 2.05. The van der Waals surface area contributed by atoms with Gasteiger partial charge in [-0.1, -0.05) is 103 Å². The molecule has 0 bridgehead atoms. The highest BCUT2D eigenvalue weighted by atomic mass is 16.6. The molecule has 1 heterocycles. The fourth-order valence-corrected chi connectivity index (χ4v) is 6.45. The Balaban J connectivity index is 1.54. The molecule has 0 spiro atoms. The van der Waals surface area contributed by atoms with Crippen LogP contribution in [0.3, 0.4) is 0 Å². The molecule has 2 N–H and O–H groups in total. The number of aliphatic hydroxyl groups is 1. The highest BCUT2D eigenvalue weighted by Gasteiger charge is 2.45.